The third-order valence-electron chi connectivity index (χ3n) is 5.78. The lowest BCUT2D eigenvalue weighted by Gasteiger charge is -2.33. The highest BCUT2D eigenvalue weighted by Crippen LogP contribution is 2.49. The number of nitrogens with zero attached hydrogens (tertiary/aromatic N) is 1. The Labute approximate surface area is 117 Å². The van der Waals surface area contributed by atoms with E-state index in [-0.39, 0.29) is 0 Å². The molecule has 1 saturated heterocycles. The van der Waals surface area contributed by atoms with Crippen LogP contribution in [-0.2, 0) is 4.79 Å². The van der Waals surface area contributed by atoms with E-state index in [1.807, 2.05) is 7.05 Å². The number of fused-ring (bicyclic) bond motifs is 2. The number of amides is 1. The van der Waals surface area contributed by atoms with Crippen molar-refractivity contribution in [3.63, 3.8) is 0 Å². The number of carbonyl (C=O) groups is 1. The Morgan fingerprint density at radius 3 is 2.53 bits per heavy atom. The number of likely N-dealkylation sites (tertiary alicyclic amines) is 1. The molecule has 0 aromatic carbocycles. The Hall–Kier alpha value is -0.570. The van der Waals surface area contributed by atoms with Gasteiger partial charge in [0.2, 0.25) is 5.91 Å². The summed E-state index contributed by atoms with van der Waals surface area (Å²) in [5.74, 6) is 3.79. The Bertz CT molecular complexity index is 323. The van der Waals surface area contributed by atoms with Crippen molar-refractivity contribution in [2.24, 2.45) is 23.7 Å². The minimum absolute atomic E-state index is 0.445. The molecule has 1 aliphatic heterocycles. The van der Waals surface area contributed by atoms with E-state index in [1.54, 1.807) is 0 Å². The minimum atomic E-state index is 0.445. The van der Waals surface area contributed by atoms with Gasteiger partial charge in [0.25, 0.3) is 0 Å². The summed E-state index contributed by atoms with van der Waals surface area (Å²) in [6.07, 6.45) is 8.80. The first-order valence-corrected chi connectivity index (χ1v) is 8.18. The molecule has 19 heavy (non-hydrogen) atoms. The average Bonchev–Trinajstić information content (AvgIpc) is 3.02. The van der Waals surface area contributed by atoms with E-state index in [4.69, 9.17) is 0 Å². The number of nitrogens with one attached hydrogen (secondary N) is 1. The van der Waals surface area contributed by atoms with Crippen LogP contribution in [0.4, 0.5) is 0 Å². The van der Waals surface area contributed by atoms with Gasteiger partial charge in [0.15, 0.2) is 0 Å². The van der Waals surface area contributed by atoms with Crippen molar-refractivity contribution >= 4 is 5.91 Å². The molecule has 108 valence electrons. The maximum absolute atomic E-state index is 12.4. The fourth-order valence-electron chi connectivity index (χ4n) is 4.66. The predicted octanol–water partition coefficient (Wildman–Crippen LogP) is 2.27. The van der Waals surface area contributed by atoms with Gasteiger partial charge in [-0.25, -0.2) is 0 Å². The van der Waals surface area contributed by atoms with Crippen molar-refractivity contribution < 1.29 is 4.79 Å². The van der Waals surface area contributed by atoms with Crippen LogP contribution in [-0.4, -0.2) is 37.5 Å². The number of rotatable bonds is 4. The fourth-order valence-corrected chi connectivity index (χ4v) is 4.66. The van der Waals surface area contributed by atoms with Crippen LogP contribution in [0.25, 0.3) is 0 Å². The molecular formula is C16H28N2O. The summed E-state index contributed by atoms with van der Waals surface area (Å²) in [5.41, 5.74) is 0. The maximum atomic E-state index is 12.4. The summed E-state index contributed by atoms with van der Waals surface area (Å²) in [7, 11) is 2.02. The molecule has 3 nitrogen and oxygen atoms in total. The zero-order valence-corrected chi connectivity index (χ0v) is 12.2. The Kier molecular flexibility index (Phi) is 4.11. The molecule has 0 aromatic heterocycles. The van der Waals surface area contributed by atoms with Crippen LogP contribution < -0.4 is 5.32 Å². The summed E-state index contributed by atoms with van der Waals surface area (Å²) in [5, 5.41) is 3.26. The van der Waals surface area contributed by atoms with E-state index >= 15 is 0 Å². The van der Waals surface area contributed by atoms with E-state index in [9.17, 15) is 4.79 Å². The Morgan fingerprint density at radius 2 is 1.95 bits per heavy atom. The lowest BCUT2D eigenvalue weighted by molar-refractivity contribution is -0.134. The monoisotopic (exact) mass is 264 g/mol. The van der Waals surface area contributed by atoms with Gasteiger partial charge in [-0.2, -0.15) is 0 Å². The van der Waals surface area contributed by atoms with Crippen LogP contribution in [0, 0.1) is 23.7 Å². The van der Waals surface area contributed by atoms with Gasteiger partial charge in [-0.3, -0.25) is 4.79 Å². The molecule has 1 heterocycles. The van der Waals surface area contributed by atoms with Gasteiger partial charge < -0.3 is 10.2 Å². The molecule has 2 bridgehead atoms. The molecule has 1 N–H and O–H groups in total. The van der Waals surface area contributed by atoms with Crippen molar-refractivity contribution in [1.29, 1.82) is 0 Å². The van der Waals surface area contributed by atoms with E-state index in [0.717, 1.165) is 49.7 Å². The molecule has 0 spiro atoms. The second kappa shape index (κ2) is 5.82. The number of carbonyl (C=O) groups excluding carboxylic acids is 1. The van der Waals surface area contributed by atoms with Crippen LogP contribution in [0.5, 0.6) is 0 Å². The van der Waals surface area contributed by atoms with Gasteiger partial charge in [0.05, 0.1) is 0 Å². The van der Waals surface area contributed by atoms with Crippen molar-refractivity contribution in [2.75, 3.05) is 26.7 Å². The summed E-state index contributed by atoms with van der Waals surface area (Å²) < 4.78 is 0. The first-order valence-electron chi connectivity index (χ1n) is 8.18. The van der Waals surface area contributed by atoms with Crippen LogP contribution in [0.3, 0.4) is 0 Å². The molecule has 3 unspecified atom stereocenters. The minimum Gasteiger partial charge on any atom is -0.343 e. The highest BCUT2D eigenvalue weighted by molar-refractivity contribution is 5.76. The quantitative estimate of drug-likeness (QED) is 0.845. The van der Waals surface area contributed by atoms with Crippen molar-refractivity contribution in [2.45, 2.75) is 44.9 Å². The van der Waals surface area contributed by atoms with Gasteiger partial charge in [-0.1, -0.05) is 6.42 Å². The molecule has 3 atom stereocenters. The van der Waals surface area contributed by atoms with E-state index in [1.165, 1.54) is 38.5 Å². The fraction of sp³-hybridized carbons (Fsp3) is 0.938. The van der Waals surface area contributed by atoms with Gasteiger partial charge in [0, 0.05) is 19.5 Å². The normalized spacial score (nSPS) is 35.0. The van der Waals surface area contributed by atoms with Gasteiger partial charge in [-0.05, 0) is 69.4 Å². The molecule has 3 rings (SSSR count). The molecule has 3 aliphatic rings. The van der Waals surface area contributed by atoms with Gasteiger partial charge in [-0.15, -0.1) is 0 Å². The van der Waals surface area contributed by atoms with Crippen LogP contribution in [0.2, 0.25) is 0 Å². The number of hydrogen-bond donors (Lipinski definition) is 1. The standard InChI is InChI=1S/C16H28N2O/c1-17-11-12-4-6-18(7-5-12)16(19)10-15-9-13-2-3-14(15)8-13/h12-15,17H,2-11H2,1H3. The molecular weight excluding hydrogens is 236 g/mol. The average molecular weight is 264 g/mol. The SMILES string of the molecule is CNCC1CCN(C(=O)CC2CC3CCC2C3)CC1. The van der Waals surface area contributed by atoms with Crippen molar-refractivity contribution in [1.82, 2.24) is 10.2 Å². The first kappa shape index (κ1) is 13.4. The maximum Gasteiger partial charge on any atom is 0.222 e. The highest BCUT2D eigenvalue weighted by atomic mass is 16.2. The largest absolute Gasteiger partial charge is 0.343 e. The third kappa shape index (κ3) is 2.96. The first-order chi connectivity index (χ1) is 9.26. The topological polar surface area (TPSA) is 32.3 Å². The van der Waals surface area contributed by atoms with Crippen molar-refractivity contribution in [3.8, 4) is 0 Å². The van der Waals surface area contributed by atoms with Crippen LogP contribution >= 0.6 is 0 Å². The zero-order chi connectivity index (χ0) is 13.2. The Balaban J connectivity index is 1.44. The summed E-state index contributed by atoms with van der Waals surface area (Å²) in [6.45, 7) is 3.09. The molecule has 1 amide bonds. The lowest BCUT2D eigenvalue weighted by Crippen LogP contribution is -2.41. The predicted molar refractivity (Wildman–Crippen MR) is 76.8 cm³/mol. The lowest BCUT2D eigenvalue weighted by atomic mass is 9.86. The zero-order valence-electron chi connectivity index (χ0n) is 12.2. The Morgan fingerprint density at radius 1 is 1.16 bits per heavy atom. The van der Waals surface area contributed by atoms with E-state index in [2.05, 4.69) is 10.2 Å². The van der Waals surface area contributed by atoms with E-state index < -0.39 is 0 Å². The molecule has 0 radical (unpaired) electrons. The third-order valence-corrected chi connectivity index (χ3v) is 5.78. The van der Waals surface area contributed by atoms with Crippen LogP contribution in [0.15, 0.2) is 0 Å². The second-order valence-electron chi connectivity index (χ2n) is 7.02. The summed E-state index contributed by atoms with van der Waals surface area (Å²) >= 11 is 0. The smallest absolute Gasteiger partial charge is 0.222 e. The number of piperidine rings is 1. The van der Waals surface area contributed by atoms with E-state index in [0.29, 0.717) is 5.91 Å². The molecule has 0 aromatic rings. The molecule has 2 aliphatic carbocycles. The van der Waals surface area contributed by atoms with Gasteiger partial charge >= 0.3 is 0 Å². The number of hydrogen-bond acceptors (Lipinski definition) is 2. The molecule has 3 heteroatoms. The molecule has 3 fully saturated rings. The van der Waals surface area contributed by atoms with Crippen LogP contribution in [0.1, 0.15) is 44.9 Å². The summed E-state index contributed by atoms with van der Waals surface area (Å²) in [6, 6.07) is 0. The van der Waals surface area contributed by atoms with Crippen molar-refractivity contribution in [3.05, 3.63) is 0 Å². The van der Waals surface area contributed by atoms with Gasteiger partial charge in [0.1, 0.15) is 0 Å². The summed E-state index contributed by atoms with van der Waals surface area (Å²) in [4.78, 5) is 14.5. The second-order valence-corrected chi connectivity index (χ2v) is 7.02. The molecule has 2 saturated carbocycles. The highest BCUT2D eigenvalue weighted by Gasteiger charge is 2.40.